The molecule has 1 amide bonds. The maximum Gasteiger partial charge on any atom is 0.258 e. The van der Waals surface area contributed by atoms with Gasteiger partial charge < -0.3 is 10.6 Å². The van der Waals surface area contributed by atoms with Gasteiger partial charge in [-0.25, -0.2) is 8.42 Å². The summed E-state index contributed by atoms with van der Waals surface area (Å²) in [5.74, 6) is -0.361. The topological polar surface area (TPSA) is 93.4 Å². The van der Waals surface area contributed by atoms with E-state index in [1.807, 2.05) is 0 Å². The first kappa shape index (κ1) is 15.0. The molecule has 7 heteroatoms. The summed E-state index contributed by atoms with van der Waals surface area (Å²) < 4.78 is 23.2. The van der Waals surface area contributed by atoms with Crippen LogP contribution in [-0.4, -0.2) is 32.6 Å². The van der Waals surface area contributed by atoms with Crippen LogP contribution >= 0.6 is 0 Å². The molecule has 0 aliphatic heterocycles. The molecule has 0 aliphatic carbocycles. The molecular weight excluding hydrogens is 290 g/mol. The van der Waals surface area contributed by atoms with Crippen LogP contribution in [0.5, 0.6) is 0 Å². The van der Waals surface area contributed by atoms with E-state index < -0.39 is 9.84 Å². The SMILES string of the molecule is CN(C(=O)c1cc(N)cc(S(C)(=O)=O)c1)c1cccnc1. The zero-order chi connectivity index (χ0) is 15.6. The number of hydrogen-bond acceptors (Lipinski definition) is 5. The zero-order valence-corrected chi connectivity index (χ0v) is 12.5. The van der Waals surface area contributed by atoms with Crippen LogP contribution in [0.4, 0.5) is 11.4 Å². The molecular formula is C14H15N3O3S. The monoisotopic (exact) mass is 305 g/mol. The Morgan fingerprint density at radius 2 is 2.00 bits per heavy atom. The van der Waals surface area contributed by atoms with Crippen molar-refractivity contribution in [1.29, 1.82) is 0 Å². The van der Waals surface area contributed by atoms with Gasteiger partial charge in [-0.3, -0.25) is 9.78 Å². The number of rotatable bonds is 3. The molecule has 6 nitrogen and oxygen atoms in total. The summed E-state index contributed by atoms with van der Waals surface area (Å²) in [7, 11) is -1.85. The van der Waals surface area contributed by atoms with E-state index in [1.54, 1.807) is 31.6 Å². The molecule has 110 valence electrons. The van der Waals surface area contributed by atoms with Crippen LogP contribution in [0.25, 0.3) is 0 Å². The first-order valence-corrected chi connectivity index (χ1v) is 7.97. The summed E-state index contributed by atoms with van der Waals surface area (Å²) in [5, 5.41) is 0. The van der Waals surface area contributed by atoms with E-state index in [4.69, 9.17) is 5.73 Å². The molecule has 0 unspecified atom stereocenters. The van der Waals surface area contributed by atoms with Gasteiger partial charge in [-0.2, -0.15) is 0 Å². The molecule has 1 aromatic heterocycles. The highest BCUT2D eigenvalue weighted by Gasteiger charge is 2.17. The Kier molecular flexibility index (Phi) is 3.95. The van der Waals surface area contributed by atoms with Gasteiger partial charge in [0.05, 0.1) is 16.8 Å². The van der Waals surface area contributed by atoms with Crippen molar-refractivity contribution in [1.82, 2.24) is 4.98 Å². The van der Waals surface area contributed by atoms with E-state index in [2.05, 4.69) is 4.98 Å². The quantitative estimate of drug-likeness (QED) is 0.864. The van der Waals surface area contributed by atoms with Crippen molar-refractivity contribution in [3.63, 3.8) is 0 Å². The molecule has 0 spiro atoms. The fourth-order valence-corrected chi connectivity index (χ4v) is 2.51. The third-order valence-electron chi connectivity index (χ3n) is 2.94. The minimum Gasteiger partial charge on any atom is -0.399 e. The molecule has 0 saturated heterocycles. The molecule has 2 N–H and O–H groups in total. The number of nitrogens with two attached hydrogens (primary N) is 1. The van der Waals surface area contributed by atoms with Gasteiger partial charge in [-0.05, 0) is 30.3 Å². The van der Waals surface area contributed by atoms with Gasteiger partial charge in [0.1, 0.15) is 0 Å². The van der Waals surface area contributed by atoms with Crippen LogP contribution < -0.4 is 10.6 Å². The Balaban J connectivity index is 2.42. The summed E-state index contributed by atoms with van der Waals surface area (Å²) in [5.41, 5.74) is 6.72. The van der Waals surface area contributed by atoms with E-state index in [0.717, 1.165) is 6.26 Å². The van der Waals surface area contributed by atoms with Crippen LogP contribution in [0.15, 0.2) is 47.6 Å². The molecule has 2 rings (SSSR count). The van der Waals surface area contributed by atoms with Gasteiger partial charge in [0.25, 0.3) is 5.91 Å². The Hall–Kier alpha value is -2.41. The number of sulfone groups is 1. The van der Waals surface area contributed by atoms with Crippen molar-refractivity contribution in [2.45, 2.75) is 4.90 Å². The second-order valence-corrected chi connectivity index (χ2v) is 6.65. The first-order chi connectivity index (χ1) is 9.79. The van der Waals surface area contributed by atoms with E-state index >= 15 is 0 Å². The number of pyridine rings is 1. The van der Waals surface area contributed by atoms with Crippen molar-refractivity contribution >= 4 is 27.1 Å². The van der Waals surface area contributed by atoms with E-state index in [-0.39, 0.29) is 22.1 Å². The zero-order valence-electron chi connectivity index (χ0n) is 11.6. The lowest BCUT2D eigenvalue weighted by molar-refractivity contribution is 0.0993. The van der Waals surface area contributed by atoms with Crippen LogP contribution in [0.2, 0.25) is 0 Å². The molecule has 0 bridgehead atoms. The summed E-state index contributed by atoms with van der Waals surface area (Å²) in [6.45, 7) is 0. The first-order valence-electron chi connectivity index (χ1n) is 6.08. The second kappa shape index (κ2) is 5.53. The largest absolute Gasteiger partial charge is 0.399 e. The van der Waals surface area contributed by atoms with Gasteiger partial charge in [0, 0.05) is 30.8 Å². The van der Waals surface area contributed by atoms with Crippen LogP contribution in [0, 0.1) is 0 Å². The molecule has 0 radical (unpaired) electrons. The number of nitrogens with zero attached hydrogens (tertiary/aromatic N) is 2. The van der Waals surface area contributed by atoms with Gasteiger partial charge >= 0.3 is 0 Å². The average molecular weight is 305 g/mol. The maximum absolute atomic E-state index is 12.4. The molecule has 0 saturated carbocycles. The summed E-state index contributed by atoms with van der Waals surface area (Å²) >= 11 is 0. The van der Waals surface area contributed by atoms with Crippen LogP contribution in [-0.2, 0) is 9.84 Å². The Morgan fingerprint density at radius 3 is 2.57 bits per heavy atom. The smallest absolute Gasteiger partial charge is 0.258 e. The minimum atomic E-state index is -3.43. The van der Waals surface area contributed by atoms with E-state index in [1.165, 1.54) is 23.1 Å². The van der Waals surface area contributed by atoms with Crippen molar-refractivity contribution in [2.75, 3.05) is 23.9 Å². The highest BCUT2D eigenvalue weighted by Crippen LogP contribution is 2.20. The normalized spacial score (nSPS) is 11.1. The predicted octanol–water partition coefficient (Wildman–Crippen LogP) is 1.34. The van der Waals surface area contributed by atoms with E-state index in [0.29, 0.717) is 5.69 Å². The van der Waals surface area contributed by atoms with Crippen molar-refractivity contribution in [2.24, 2.45) is 0 Å². The summed E-state index contributed by atoms with van der Waals surface area (Å²) in [4.78, 5) is 17.8. The summed E-state index contributed by atoms with van der Waals surface area (Å²) in [6.07, 6.45) is 4.21. The second-order valence-electron chi connectivity index (χ2n) is 4.64. The average Bonchev–Trinajstić information content (AvgIpc) is 2.45. The van der Waals surface area contributed by atoms with Gasteiger partial charge in [-0.1, -0.05) is 0 Å². The highest BCUT2D eigenvalue weighted by molar-refractivity contribution is 7.90. The number of benzene rings is 1. The van der Waals surface area contributed by atoms with E-state index in [9.17, 15) is 13.2 Å². The Labute approximate surface area is 123 Å². The molecule has 21 heavy (non-hydrogen) atoms. The number of carbonyl (C=O) groups is 1. The number of amides is 1. The van der Waals surface area contributed by atoms with Crippen molar-refractivity contribution in [3.8, 4) is 0 Å². The Bertz CT molecular complexity index is 773. The van der Waals surface area contributed by atoms with Crippen LogP contribution in [0.3, 0.4) is 0 Å². The molecule has 1 heterocycles. The fourth-order valence-electron chi connectivity index (χ4n) is 1.82. The molecule has 1 aromatic carbocycles. The molecule has 2 aromatic rings. The van der Waals surface area contributed by atoms with Gasteiger partial charge in [0.2, 0.25) is 0 Å². The van der Waals surface area contributed by atoms with Crippen molar-refractivity contribution < 1.29 is 13.2 Å². The third kappa shape index (κ3) is 3.38. The van der Waals surface area contributed by atoms with Crippen molar-refractivity contribution in [3.05, 3.63) is 48.3 Å². The molecule has 0 fully saturated rings. The lowest BCUT2D eigenvalue weighted by Crippen LogP contribution is -2.26. The van der Waals surface area contributed by atoms with Gasteiger partial charge in [0.15, 0.2) is 9.84 Å². The lowest BCUT2D eigenvalue weighted by atomic mass is 10.1. The Morgan fingerprint density at radius 1 is 1.29 bits per heavy atom. The number of aromatic nitrogens is 1. The molecule has 0 atom stereocenters. The summed E-state index contributed by atoms with van der Waals surface area (Å²) in [6, 6.07) is 7.54. The number of nitrogen functional groups attached to an aromatic ring is 1. The lowest BCUT2D eigenvalue weighted by Gasteiger charge is -2.17. The fraction of sp³-hybridized carbons (Fsp3) is 0.143. The maximum atomic E-state index is 12.4. The standard InChI is InChI=1S/C14H15N3O3S/c1-17(12-4-3-5-16-9-12)14(18)10-6-11(15)8-13(7-10)21(2,19)20/h3-9H,15H2,1-2H3. The van der Waals surface area contributed by atoms with Gasteiger partial charge in [-0.15, -0.1) is 0 Å². The number of anilines is 2. The highest BCUT2D eigenvalue weighted by atomic mass is 32.2. The third-order valence-corrected chi connectivity index (χ3v) is 4.03. The predicted molar refractivity (Wildman–Crippen MR) is 80.9 cm³/mol. The minimum absolute atomic E-state index is 0.0189. The number of carbonyl (C=O) groups excluding carboxylic acids is 1. The number of hydrogen-bond donors (Lipinski definition) is 1. The van der Waals surface area contributed by atoms with Crippen LogP contribution in [0.1, 0.15) is 10.4 Å². The molecule has 0 aliphatic rings.